The van der Waals surface area contributed by atoms with E-state index in [4.69, 9.17) is 5.73 Å². The number of aryl methyl sites for hydroxylation is 2. The molecule has 1 saturated carbocycles. The molecule has 1 aromatic rings. The zero-order valence-corrected chi connectivity index (χ0v) is 12.1. The van der Waals surface area contributed by atoms with E-state index >= 15 is 0 Å². The van der Waals surface area contributed by atoms with Crippen molar-refractivity contribution in [2.24, 2.45) is 17.1 Å². The second kappa shape index (κ2) is 3.85. The van der Waals surface area contributed by atoms with E-state index in [2.05, 4.69) is 55.8 Å². The van der Waals surface area contributed by atoms with Gasteiger partial charge >= 0.3 is 0 Å². The maximum absolute atomic E-state index is 6.38. The first kappa shape index (κ1) is 12.1. The van der Waals surface area contributed by atoms with Crippen molar-refractivity contribution in [2.45, 2.75) is 40.2 Å². The smallest absolute Gasteiger partial charge is 0.0331 e. The van der Waals surface area contributed by atoms with Crippen molar-refractivity contribution in [1.29, 1.82) is 0 Å². The van der Waals surface area contributed by atoms with E-state index in [0.29, 0.717) is 11.3 Å². The van der Waals surface area contributed by atoms with E-state index in [1.165, 1.54) is 27.6 Å². The van der Waals surface area contributed by atoms with Gasteiger partial charge in [0.15, 0.2) is 0 Å². The molecular weight excluding hydrogens is 262 g/mol. The first-order chi connectivity index (χ1) is 7.33. The SMILES string of the molecule is Cc1cc(C(N)C2CC2(C)C)c(C)cc1Br. The van der Waals surface area contributed by atoms with Crippen LogP contribution in [-0.2, 0) is 0 Å². The highest BCUT2D eigenvalue weighted by Gasteiger charge is 2.49. The van der Waals surface area contributed by atoms with Crippen molar-refractivity contribution in [1.82, 2.24) is 0 Å². The number of rotatable bonds is 2. The average molecular weight is 282 g/mol. The minimum absolute atomic E-state index is 0.196. The quantitative estimate of drug-likeness (QED) is 0.867. The van der Waals surface area contributed by atoms with Crippen molar-refractivity contribution in [3.8, 4) is 0 Å². The van der Waals surface area contributed by atoms with Crippen molar-refractivity contribution in [3.63, 3.8) is 0 Å². The van der Waals surface area contributed by atoms with Gasteiger partial charge in [-0.2, -0.15) is 0 Å². The summed E-state index contributed by atoms with van der Waals surface area (Å²) in [6.45, 7) is 8.88. The highest BCUT2D eigenvalue weighted by molar-refractivity contribution is 9.10. The maximum Gasteiger partial charge on any atom is 0.0331 e. The predicted molar refractivity (Wildman–Crippen MR) is 72.4 cm³/mol. The highest BCUT2D eigenvalue weighted by atomic mass is 79.9. The molecule has 1 nitrogen and oxygen atoms in total. The van der Waals surface area contributed by atoms with Gasteiger partial charge in [-0.05, 0) is 54.4 Å². The lowest BCUT2D eigenvalue weighted by atomic mass is 9.93. The zero-order valence-electron chi connectivity index (χ0n) is 10.5. The van der Waals surface area contributed by atoms with Crippen LogP contribution in [0.3, 0.4) is 0 Å². The molecule has 16 heavy (non-hydrogen) atoms. The lowest BCUT2D eigenvalue weighted by Crippen LogP contribution is -2.17. The molecule has 1 aliphatic carbocycles. The van der Waals surface area contributed by atoms with Crippen LogP contribution in [0.15, 0.2) is 16.6 Å². The monoisotopic (exact) mass is 281 g/mol. The normalized spacial score (nSPS) is 24.2. The summed E-state index contributed by atoms with van der Waals surface area (Å²) in [6, 6.07) is 4.61. The van der Waals surface area contributed by atoms with E-state index in [-0.39, 0.29) is 6.04 Å². The summed E-state index contributed by atoms with van der Waals surface area (Å²) in [5, 5.41) is 0. The number of benzene rings is 1. The predicted octanol–water partition coefficient (Wildman–Crippen LogP) is 4.11. The molecule has 1 aromatic carbocycles. The van der Waals surface area contributed by atoms with Gasteiger partial charge in [0, 0.05) is 10.5 Å². The first-order valence-electron chi connectivity index (χ1n) is 5.85. The van der Waals surface area contributed by atoms with Crippen LogP contribution in [0, 0.1) is 25.2 Å². The molecule has 2 atom stereocenters. The van der Waals surface area contributed by atoms with Crippen LogP contribution in [0.25, 0.3) is 0 Å². The molecule has 0 radical (unpaired) electrons. The Balaban J connectivity index is 2.31. The van der Waals surface area contributed by atoms with Gasteiger partial charge in [0.1, 0.15) is 0 Å². The molecule has 2 N–H and O–H groups in total. The minimum atomic E-state index is 0.196. The van der Waals surface area contributed by atoms with E-state index < -0.39 is 0 Å². The van der Waals surface area contributed by atoms with Gasteiger partial charge in [-0.15, -0.1) is 0 Å². The molecule has 2 rings (SSSR count). The lowest BCUT2D eigenvalue weighted by Gasteiger charge is -2.18. The van der Waals surface area contributed by atoms with E-state index in [1.54, 1.807) is 0 Å². The van der Waals surface area contributed by atoms with E-state index in [0.717, 1.165) is 0 Å². The molecule has 0 amide bonds. The molecule has 0 aliphatic heterocycles. The van der Waals surface area contributed by atoms with Crippen molar-refractivity contribution < 1.29 is 0 Å². The third-order valence-electron chi connectivity index (χ3n) is 3.93. The largest absolute Gasteiger partial charge is 0.324 e. The average Bonchev–Trinajstić information content (AvgIpc) is 2.80. The molecule has 0 aromatic heterocycles. The van der Waals surface area contributed by atoms with Gasteiger partial charge in [0.2, 0.25) is 0 Å². The molecule has 1 fully saturated rings. The Morgan fingerprint density at radius 2 is 1.88 bits per heavy atom. The van der Waals surface area contributed by atoms with Crippen LogP contribution in [0.5, 0.6) is 0 Å². The van der Waals surface area contributed by atoms with Crippen LogP contribution >= 0.6 is 15.9 Å². The third-order valence-corrected chi connectivity index (χ3v) is 4.78. The molecule has 88 valence electrons. The summed E-state index contributed by atoms with van der Waals surface area (Å²) >= 11 is 3.56. The van der Waals surface area contributed by atoms with Gasteiger partial charge in [-0.25, -0.2) is 0 Å². The molecule has 0 spiro atoms. The fourth-order valence-corrected chi connectivity index (χ4v) is 2.96. The Morgan fingerprint density at radius 3 is 2.38 bits per heavy atom. The Labute approximate surface area is 107 Å². The van der Waals surface area contributed by atoms with Gasteiger partial charge in [0.05, 0.1) is 0 Å². The summed E-state index contributed by atoms with van der Waals surface area (Å²) in [4.78, 5) is 0. The van der Waals surface area contributed by atoms with Crippen LogP contribution in [0.4, 0.5) is 0 Å². The summed E-state index contributed by atoms with van der Waals surface area (Å²) in [5.74, 6) is 0.645. The summed E-state index contributed by atoms with van der Waals surface area (Å²) in [7, 11) is 0. The zero-order chi connectivity index (χ0) is 12.1. The lowest BCUT2D eigenvalue weighted by molar-refractivity contribution is 0.490. The number of hydrogen-bond donors (Lipinski definition) is 1. The number of hydrogen-bond acceptors (Lipinski definition) is 1. The summed E-state index contributed by atoms with van der Waals surface area (Å²) in [6.07, 6.45) is 1.25. The third kappa shape index (κ3) is 2.05. The topological polar surface area (TPSA) is 26.0 Å². The number of nitrogens with two attached hydrogens (primary N) is 1. The molecule has 2 heteroatoms. The summed E-state index contributed by atoms with van der Waals surface area (Å²) < 4.78 is 1.18. The van der Waals surface area contributed by atoms with Crippen LogP contribution in [0.1, 0.15) is 43.0 Å². The van der Waals surface area contributed by atoms with Gasteiger partial charge < -0.3 is 5.73 Å². The Kier molecular flexibility index (Phi) is 2.92. The van der Waals surface area contributed by atoms with Crippen LogP contribution < -0.4 is 5.73 Å². The van der Waals surface area contributed by atoms with Crippen molar-refractivity contribution >= 4 is 15.9 Å². The molecule has 0 bridgehead atoms. The van der Waals surface area contributed by atoms with Crippen LogP contribution in [-0.4, -0.2) is 0 Å². The molecule has 2 unspecified atom stereocenters. The second-order valence-electron chi connectivity index (χ2n) is 5.78. The maximum atomic E-state index is 6.38. The fraction of sp³-hybridized carbons (Fsp3) is 0.571. The van der Waals surface area contributed by atoms with Crippen LogP contribution in [0.2, 0.25) is 0 Å². The fourth-order valence-electron chi connectivity index (χ4n) is 2.50. The number of halogens is 1. The molecule has 0 heterocycles. The Morgan fingerprint density at radius 1 is 1.31 bits per heavy atom. The van der Waals surface area contributed by atoms with E-state index in [1.807, 2.05) is 0 Å². The molecular formula is C14H20BrN. The van der Waals surface area contributed by atoms with Gasteiger partial charge in [-0.1, -0.05) is 35.8 Å². The Hall–Kier alpha value is -0.340. The first-order valence-corrected chi connectivity index (χ1v) is 6.64. The standard InChI is InChI=1S/C14H20BrN/c1-8-6-12(15)9(2)5-10(8)13(16)11-7-14(11,3)4/h5-6,11,13H,7,16H2,1-4H3. The van der Waals surface area contributed by atoms with Gasteiger partial charge in [-0.3, -0.25) is 0 Å². The van der Waals surface area contributed by atoms with Crippen molar-refractivity contribution in [2.75, 3.05) is 0 Å². The highest BCUT2D eigenvalue weighted by Crippen LogP contribution is 2.57. The Bertz CT molecular complexity index is 423. The van der Waals surface area contributed by atoms with Crippen molar-refractivity contribution in [3.05, 3.63) is 33.3 Å². The second-order valence-corrected chi connectivity index (χ2v) is 6.64. The molecule has 1 aliphatic rings. The minimum Gasteiger partial charge on any atom is -0.324 e. The summed E-state index contributed by atoms with van der Waals surface area (Å²) in [5.41, 5.74) is 10.7. The van der Waals surface area contributed by atoms with Gasteiger partial charge in [0.25, 0.3) is 0 Å². The van der Waals surface area contributed by atoms with E-state index in [9.17, 15) is 0 Å². The molecule has 0 saturated heterocycles.